The molecule has 1 fully saturated rings. The highest BCUT2D eigenvalue weighted by Crippen LogP contribution is 2.40. The van der Waals surface area contributed by atoms with Crippen LogP contribution in [0.4, 0.5) is 0 Å². The molecule has 2 aliphatic rings. The first-order valence-electron chi connectivity index (χ1n) is 13.9. The van der Waals surface area contributed by atoms with Crippen molar-refractivity contribution in [2.24, 2.45) is 5.41 Å². The monoisotopic (exact) mass is 516 g/mol. The number of esters is 1. The van der Waals surface area contributed by atoms with Crippen LogP contribution in [0.5, 0.6) is 0 Å². The van der Waals surface area contributed by atoms with E-state index in [0.717, 1.165) is 67.8 Å². The van der Waals surface area contributed by atoms with E-state index in [-0.39, 0.29) is 17.9 Å². The molecule has 202 valence electrons. The van der Waals surface area contributed by atoms with E-state index >= 15 is 0 Å². The summed E-state index contributed by atoms with van der Waals surface area (Å²) in [6.07, 6.45) is 6.07. The molecule has 1 saturated heterocycles. The van der Waals surface area contributed by atoms with Crippen molar-refractivity contribution >= 4 is 17.0 Å². The number of nitrogens with zero attached hydrogens (tertiary/aromatic N) is 2. The summed E-state index contributed by atoms with van der Waals surface area (Å²) in [6.45, 7) is 19.1. The van der Waals surface area contributed by atoms with Crippen molar-refractivity contribution in [2.45, 2.75) is 105 Å². The molecule has 36 heavy (non-hydrogen) atoms. The average Bonchev–Trinajstić information content (AvgIpc) is 3.50. The molecule has 1 aromatic heterocycles. The van der Waals surface area contributed by atoms with E-state index in [1.165, 1.54) is 16.8 Å². The Hall–Kier alpha value is -1.92. The van der Waals surface area contributed by atoms with Crippen LogP contribution in [0.15, 0.2) is 29.2 Å². The van der Waals surface area contributed by atoms with Gasteiger partial charge in [-0.15, -0.1) is 0 Å². The van der Waals surface area contributed by atoms with Crippen molar-refractivity contribution in [1.82, 2.24) is 8.87 Å². The SMILES string of the molecule is CC.CC.CCOC(=O)Cn1c(C)c(Cc2ccccc2S(=O)N2CCCC2)c2c1CCC(C)(C)C2. The molecule has 0 bridgehead atoms. The second-order valence-corrected chi connectivity index (χ2v) is 11.3. The van der Waals surface area contributed by atoms with Crippen LogP contribution in [0.1, 0.15) is 95.8 Å². The number of carbonyl (C=O) groups is 1. The quantitative estimate of drug-likeness (QED) is 0.388. The Morgan fingerprint density at radius 3 is 2.36 bits per heavy atom. The minimum absolute atomic E-state index is 0.180. The van der Waals surface area contributed by atoms with Crippen LogP contribution in [-0.2, 0) is 46.3 Å². The Labute approximate surface area is 222 Å². The van der Waals surface area contributed by atoms with E-state index in [1.807, 2.05) is 52.8 Å². The summed E-state index contributed by atoms with van der Waals surface area (Å²) in [5, 5.41) is 0. The molecule has 1 aliphatic carbocycles. The smallest absolute Gasteiger partial charge is 0.325 e. The fraction of sp³-hybridized carbons (Fsp3) is 0.633. The third-order valence-corrected chi connectivity index (χ3v) is 8.60. The first-order valence-corrected chi connectivity index (χ1v) is 15.0. The summed E-state index contributed by atoms with van der Waals surface area (Å²) < 4.78 is 22.9. The maximum absolute atomic E-state index is 13.3. The molecule has 0 amide bonds. The first-order chi connectivity index (χ1) is 17.3. The number of ether oxygens (including phenoxy) is 1. The van der Waals surface area contributed by atoms with Gasteiger partial charge in [-0.05, 0) is 74.1 Å². The van der Waals surface area contributed by atoms with Crippen molar-refractivity contribution in [3.05, 3.63) is 52.3 Å². The lowest BCUT2D eigenvalue weighted by Crippen LogP contribution is -2.25. The van der Waals surface area contributed by atoms with E-state index < -0.39 is 11.0 Å². The van der Waals surface area contributed by atoms with Crippen molar-refractivity contribution < 1.29 is 13.7 Å². The Morgan fingerprint density at radius 2 is 1.72 bits per heavy atom. The molecule has 4 rings (SSSR count). The molecule has 1 unspecified atom stereocenters. The van der Waals surface area contributed by atoms with Gasteiger partial charge in [-0.25, -0.2) is 8.51 Å². The van der Waals surface area contributed by atoms with Crippen molar-refractivity contribution in [3.63, 3.8) is 0 Å². The molecule has 1 atom stereocenters. The number of hydrogen-bond donors (Lipinski definition) is 0. The Morgan fingerprint density at radius 1 is 1.08 bits per heavy atom. The molecule has 1 aromatic carbocycles. The maximum Gasteiger partial charge on any atom is 0.325 e. The van der Waals surface area contributed by atoms with Crippen LogP contribution in [0, 0.1) is 12.3 Å². The van der Waals surface area contributed by atoms with Gasteiger partial charge in [0.25, 0.3) is 0 Å². The third kappa shape index (κ3) is 7.10. The summed E-state index contributed by atoms with van der Waals surface area (Å²) >= 11 is 0. The van der Waals surface area contributed by atoms with Gasteiger partial charge in [-0.3, -0.25) is 4.79 Å². The minimum atomic E-state index is -1.12. The highest BCUT2D eigenvalue weighted by Gasteiger charge is 2.32. The van der Waals surface area contributed by atoms with Gasteiger partial charge in [-0.2, -0.15) is 0 Å². The van der Waals surface area contributed by atoms with Crippen molar-refractivity contribution in [2.75, 3.05) is 19.7 Å². The number of benzene rings is 1. The lowest BCUT2D eigenvalue weighted by atomic mass is 9.75. The third-order valence-electron chi connectivity index (χ3n) is 6.99. The molecule has 0 saturated carbocycles. The number of hydrogen-bond acceptors (Lipinski definition) is 3. The van der Waals surface area contributed by atoms with Gasteiger partial charge < -0.3 is 9.30 Å². The topological polar surface area (TPSA) is 51.5 Å². The molecule has 1 aliphatic heterocycles. The molecule has 0 spiro atoms. The lowest BCUT2D eigenvalue weighted by Gasteiger charge is -2.31. The molecule has 6 heteroatoms. The fourth-order valence-electron chi connectivity index (χ4n) is 5.23. The van der Waals surface area contributed by atoms with Gasteiger partial charge in [0.1, 0.15) is 17.5 Å². The molecular weight excluding hydrogens is 468 g/mol. The summed E-state index contributed by atoms with van der Waals surface area (Å²) in [4.78, 5) is 13.3. The number of aromatic nitrogens is 1. The number of rotatable bonds is 7. The standard InChI is InChI=1S/C26H36N2O3S.2C2H6/c1-5-31-25(29)18-28-19(2)21(22-17-26(3,4)13-12-23(22)28)16-20-10-6-7-11-24(20)32(30)27-14-8-9-15-27;2*1-2/h6-7,10-11H,5,8-9,12-18H2,1-4H3;2*1-2H3. The van der Waals surface area contributed by atoms with Gasteiger partial charge in [0.15, 0.2) is 0 Å². The molecule has 2 heterocycles. The van der Waals surface area contributed by atoms with E-state index in [9.17, 15) is 9.00 Å². The Kier molecular flexibility index (Phi) is 11.9. The Balaban J connectivity index is 0.00000109. The van der Waals surface area contributed by atoms with Crippen molar-refractivity contribution in [3.8, 4) is 0 Å². The van der Waals surface area contributed by atoms with Crippen LogP contribution in [0.3, 0.4) is 0 Å². The molecule has 0 N–H and O–H groups in total. The predicted molar refractivity (Wildman–Crippen MR) is 151 cm³/mol. The van der Waals surface area contributed by atoms with E-state index in [4.69, 9.17) is 4.74 Å². The fourth-order valence-corrected chi connectivity index (χ4v) is 6.65. The molecule has 0 radical (unpaired) electrons. The minimum Gasteiger partial charge on any atom is -0.465 e. The van der Waals surface area contributed by atoms with Crippen LogP contribution < -0.4 is 0 Å². The van der Waals surface area contributed by atoms with E-state index in [0.29, 0.717) is 6.61 Å². The Bertz CT molecular complexity index is 1020. The van der Waals surface area contributed by atoms with Gasteiger partial charge in [0, 0.05) is 30.9 Å². The summed E-state index contributed by atoms with van der Waals surface area (Å²) in [7, 11) is -1.12. The molecule has 2 aromatic rings. The highest BCUT2D eigenvalue weighted by molar-refractivity contribution is 7.82. The molecule has 5 nitrogen and oxygen atoms in total. The van der Waals surface area contributed by atoms with Crippen LogP contribution in [0.25, 0.3) is 0 Å². The summed E-state index contributed by atoms with van der Waals surface area (Å²) in [5.41, 5.74) is 6.46. The normalized spacial score (nSPS) is 17.2. The van der Waals surface area contributed by atoms with Gasteiger partial charge in [0.05, 0.1) is 11.5 Å². The summed E-state index contributed by atoms with van der Waals surface area (Å²) in [5.74, 6) is -0.180. The van der Waals surface area contributed by atoms with Gasteiger partial charge in [0.2, 0.25) is 0 Å². The predicted octanol–water partition coefficient (Wildman–Crippen LogP) is 6.64. The first kappa shape index (κ1) is 30.3. The zero-order valence-electron chi connectivity index (χ0n) is 23.9. The van der Waals surface area contributed by atoms with Gasteiger partial charge >= 0.3 is 5.97 Å². The summed E-state index contributed by atoms with van der Waals surface area (Å²) in [6, 6.07) is 8.17. The second-order valence-electron chi connectivity index (χ2n) is 9.89. The lowest BCUT2D eigenvalue weighted by molar-refractivity contribution is -0.143. The van der Waals surface area contributed by atoms with Crippen molar-refractivity contribution in [1.29, 1.82) is 0 Å². The second kappa shape index (κ2) is 14.1. The average molecular weight is 517 g/mol. The zero-order valence-corrected chi connectivity index (χ0v) is 24.7. The van der Waals surface area contributed by atoms with Gasteiger partial charge in [-0.1, -0.05) is 59.7 Å². The van der Waals surface area contributed by atoms with Crippen LogP contribution in [0.2, 0.25) is 0 Å². The van der Waals surface area contributed by atoms with E-state index in [1.54, 1.807) is 0 Å². The zero-order chi connectivity index (χ0) is 26.9. The number of fused-ring (bicyclic) bond motifs is 1. The highest BCUT2D eigenvalue weighted by atomic mass is 32.2. The largest absolute Gasteiger partial charge is 0.465 e. The maximum atomic E-state index is 13.3. The van der Waals surface area contributed by atoms with E-state index in [2.05, 4.69) is 35.7 Å². The van der Waals surface area contributed by atoms with Crippen LogP contribution in [-0.4, -0.2) is 38.7 Å². The molecular formula is C30H48N2O3S. The number of carbonyl (C=O) groups excluding carboxylic acids is 1. The van der Waals surface area contributed by atoms with Crippen LogP contribution >= 0.6 is 0 Å².